The van der Waals surface area contributed by atoms with Gasteiger partial charge in [0.05, 0.1) is 13.2 Å². The van der Waals surface area contributed by atoms with Gasteiger partial charge in [-0.2, -0.15) is 0 Å². The highest BCUT2D eigenvalue weighted by molar-refractivity contribution is 5.84. The van der Waals surface area contributed by atoms with Gasteiger partial charge in [-0.05, 0) is 5.56 Å². The summed E-state index contributed by atoms with van der Waals surface area (Å²) in [7, 11) is 1.57. The maximum absolute atomic E-state index is 11.6. The second-order valence-corrected chi connectivity index (χ2v) is 4.32. The van der Waals surface area contributed by atoms with Crippen LogP contribution in [0.3, 0.4) is 0 Å². The van der Waals surface area contributed by atoms with E-state index in [-0.39, 0.29) is 18.9 Å². The zero-order valence-electron chi connectivity index (χ0n) is 11.5. The van der Waals surface area contributed by atoms with Gasteiger partial charge in [0.25, 0.3) is 0 Å². The number of carbonyl (C=O) groups excluding carboxylic acids is 1. The molecule has 0 aliphatic carbocycles. The first-order chi connectivity index (χ1) is 9.63. The van der Waals surface area contributed by atoms with Crippen molar-refractivity contribution in [2.24, 2.45) is 0 Å². The van der Waals surface area contributed by atoms with Crippen LogP contribution in [-0.2, 0) is 20.7 Å². The predicted octanol–water partition coefficient (Wildman–Crippen LogP) is 0.0345. The van der Waals surface area contributed by atoms with Crippen LogP contribution < -0.4 is 10.6 Å². The molecule has 6 heteroatoms. The Bertz CT molecular complexity index is 422. The Balaban J connectivity index is 2.43. The lowest BCUT2D eigenvalue weighted by atomic mass is 10.1. The van der Waals surface area contributed by atoms with Crippen LogP contribution in [0.4, 0.5) is 0 Å². The van der Waals surface area contributed by atoms with Gasteiger partial charge in [0.15, 0.2) is 0 Å². The van der Waals surface area contributed by atoms with Crippen molar-refractivity contribution in [1.82, 2.24) is 10.6 Å². The highest BCUT2D eigenvalue weighted by Gasteiger charge is 2.19. The van der Waals surface area contributed by atoms with Crippen LogP contribution in [0.5, 0.6) is 0 Å². The summed E-state index contributed by atoms with van der Waals surface area (Å²) >= 11 is 0. The molecular weight excluding hydrogens is 260 g/mol. The normalized spacial score (nSPS) is 11.8. The Morgan fingerprint density at radius 3 is 2.60 bits per heavy atom. The topological polar surface area (TPSA) is 87.7 Å². The number of ether oxygens (including phenoxy) is 1. The van der Waals surface area contributed by atoms with E-state index in [2.05, 4.69) is 10.6 Å². The van der Waals surface area contributed by atoms with Gasteiger partial charge in [0, 0.05) is 20.1 Å². The first kappa shape index (κ1) is 16.1. The van der Waals surface area contributed by atoms with Crippen LogP contribution in [0.2, 0.25) is 0 Å². The van der Waals surface area contributed by atoms with Crippen molar-refractivity contribution in [3.05, 3.63) is 35.9 Å². The number of amides is 1. The number of carbonyl (C=O) groups is 2. The fraction of sp³-hybridized carbons (Fsp3) is 0.429. The monoisotopic (exact) mass is 280 g/mol. The molecule has 0 aromatic heterocycles. The minimum Gasteiger partial charge on any atom is -0.480 e. The maximum atomic E-state index is 11.6. The van der Waals surface area contributed by atoms with E-state index in [4.69, 9.17) is 9.84 Å². The molecule has 20 heavy (non-hydrogen) atoms. The molecule has 1 atom stereocenters. The zero-order chi connectivity index (χ0) is 14.8. The third-order valence-electron chi connectivity index (χ3n) is 2.68. The first-order valence-electron chi connectivity index (χ1n) is 6.39. The molecule has 110 valence electrons. The van der Waals surface area contributed by atoms with E-state index < -0.39 is 12.0 Å². The molecule has 0 bridgehead atoms. The molecule has 0 saturated heterocycles. The van der Waals surface area contributed by atoms with E-state index in [1.807, 2.05) is 30.3 Å². The van der Waals surface area contributed by atoms with E-state index in [0.717, 1.165) is 5.56 Å². The highest BCUT2D eigenvalue weighted by atomic mass is 16.5. The molecule has 1 aromatic rings. The van der Waals surface area contributed by atoms with Gasteiger partial charge in [-0.1, -0.05) is 30.3 Å². The molecule has 0 fully saturated rings. The number of carboxylic acid groups (broad SMARTS) is 1. The summed E-state index contributed by atoms with van der Waals surface area (Å²) in [6, 6.07) is 8.27. The number of benzene rings is 1. The molecule has 0 saturated carbocycles. The second-order valence-electron chi connectivity index (χ2n) is 4.32. The Morgan fingerprint density at radius 1 is 1.30 bits per heavy atom. The number of aliphatic carboxylic acids is 1. The molecule has 1 aromatic carbocycles. The van der Waals surface area contributed by atoms with E-state index >= 15 is 0 Å². The quantitative estimate of drug-likeness (QED) is 0.556. The largest absolute Gasteiger partial charge is 0.480 e. The van der Waals surface area contributed by atoms with Crippen molar-refractivity contribution in [3.8, 4) is 0 Å². The van der Waals surface area contributed by atoms with E-state index in [1.165, 1.54) is 0 Å². The maximum Gasteiger partial charge on any atom is 0.326 e. The summed E-state index contributed by atoms with van der Waals surface area (Å²) in [4.78, 5) is 22.8. The van der Waals surface area contributed by atoms with Crippen LogP contribution in [-0.4, -0.2) is 49.8 Å². The van der Waals surface area contributed by atoms with Crippen molar-refractivity contribution in [2.45, 2.75) is 12.5 Å². The van der Waals surface area contributed by atoms with Crippen LogP contribution in [0.15, 0.2) is 30.3 Å². The summed E-state index contributed by atoms with van der Waals surface area (Å²) in [5, 5.41) is 14.5. The molecule has 0 unspecified atom stereocenters. The van der Waals surface area contributed by atoms with Crippen LogP contribution >= 0.6 is 0 Å². The molecule has 0 heterocycles. The van der Waals surface area contributed by atoms with E-state index in [1.54, 1.807) is 7.11 Å². The Labute approximate surface area is 118 Å². The van der Waals surface area contributed by atoms with Crippen molar-refractivity contribution in [1.29, 1.82) is 0 Å². The number of rotatable bonds is 9. The SMILES string of the molecule is COCCNCC(=O)N[C@H](Cc1ccccc1)C(=O)O. The zero-order valence-corrected chi connectivity index (χ0v) is 11.5. The molecule has 0 radical (unpaired) electrons. The highest BCUT2D eigenvalue weighted by Crippen LogP contribution is 2.03. The standard InChI is InChI=1S/C14H20N2O4/c1-20-8-7-15-10-13(17)16-12(14(18)19)9-11-5-3-2-4-6-11/h2-6,12,15H,7-10H2,1H3,(H,16,17)(H,18,19)/t12-/m1/s1. The van der Waals surface area contributed by atoms with Crippen molar-refractivity contribution >= 4 is 11.9 Å². The lowest BCUT2D eigenvalue weighted by molar-refractivity contribution is -0.141. The fourth-order valence-corrected chi connectivity index (χ4v) is 1.67. The van der Waals surface area contributed by atoms with Gasteiger partial charge in [0.1, 0.15) is 6.04 Å². The first-order valence-corrected chi connectivity index (χ1v) is 6.39. The van der Waals surface area contributed by atoms with E-state index in [9.17, 15) is 9.59 Å². The van der Waals surface area contributed by atoms with Gasteiger partial charge >= 0.3 is 5.97 Å². The molecule has 3 N–H and O–H groups in total. The van der Waals surface area contributed by atoms with Crippen molar-refractivity contribution < 1.29 is 19.4 Å². The summed E-state index contributed by atoms with van der Waals surface area (Å²) in [6.45, 7) is 1.11. The summed E-state index contributed by atoms with van der Waals surface area (Å²) in [5.74, 6) is -1.39. The van der Waals surface area contributed by atoms with Crippen LogP contribution in [0.25, 0.3) is 0 Å². The molecule has 0 aliphatic heterocycles. The average molecular weight is 280 g/mol. The van der Waals surface area contributed by atoms with Gasteiger partial charge in [-0.25, -0.2) is 4.79 Å². The molecule has 1 amide bonds. The van der Waals surface area contributed by atoms with Gasteiger partial charge in [-0.15, -0.1) is 0 Å². The van der Waals surface area contributed by atoms with Gasteiger partial charge < -0.3 is 20.5 Å². The number of hydrogen-bond acceptors (Lipinski definition) is 4. The smallest absolute Gasteiger partial charge is 0.326 e. The Hall–Kier alpha value is -1.92. The third kappa shape index (κ3) is 6.31. The lowest BCUT2D eigenvalue weighted by Gasteiger charge is -2.15. The van der Waals surface area contributed by atoms with Crippen LogP contribution in [0.1, 0.15) is 5.56 Å². The Kier molecular flexibility index (Phi) is 7.31. The van der Waals surface area contributed by atoms with Gasteiger partial charge in [0.2, 0.25) is 5.91 Å². The average Bonchev–Trinajstić information content (AvgIpc) is 2.44. The van der Waals surface area contributed by atoms with E-state index in [0.29, 0.717) is 13.2 Å². The Morgan fingerprint density at radius 2 is 2.00 bits per heavy atom. The third-order valence-corrected chi connectivity index (χ3v) is 2.68. The number of carboxylic acids is 1. The minimum absolute atomic E-state index is 0.0714. The molecular formula is C14H20N2O4. The molecule has 0 aliphatic rings. The minimum atomic E-state index is -1.04. The van der Waals surface area contributed by atoms with Gasteiger partial charge in [-0.3, -0.25) is 4.79 Å². The number of hydrogen-bond donors (Lipinski definition) is 3. The predicted molar refractivity (Wildman–Crippen MR) is 74.5 cm³/mol. The summed E-state index contributed by atoms with van der Waals surface area (Å²) < 4.78 is 4.83. The molecule has 1 rings (SSSR count). The number of methoxy groups -OCH3 is 1. The van der Waals surface area contributed by atoms with Crippen LogP contribution in [0, 0.1) is 0 Å². The van der Waals surface area contributed by atoms with Crippen molar-refractivity contribution in [3.63, 3.8) is 0 Å². The lowest BCUT2D eigenvalue weighted by Crippen LogP contribution is -2.46. The van der Waals surface area contributed by atoms with Crippen molar-refractivity contribution in [2.75, 3.05) is 26.8 Å². The fourth-order valence-electron chi connectivity index (χ4n) is 1.67. The number of nitrogens with one attached hydrogen (secondary N) is 2. The second kappa shape index (κ2) is 9.06. The molecule has 0 spiro atoms. The molecule has 6 nitrogen and oxygen atoms in total. The summed E-state index contributed by atoms with van der Waals surface area (Å²) in [5.41, 5.74) is 0.868. The summed E-state index contributed by atoms with van der Waals surface area (Å²) in [6.07, 6.45) is 0.264.